The van der Waals surface area contributed by atoms with Crippen molar-refractivity contribution in [2.75, 3.05) is 25.1 Å². The van der Waals surface area contributed by atoms with E-state index in [0.717, 1.165) is 10.9 Å². The Bertz CT molecular complexity index is 1360. The molecule has 5 rings (SSSR count). The number of carbonyl (C=O) groups excluding carboxylic acids is 2. The molecule has 1 aliphatic rings. The van der Waals surface area contributed by atoms with E-state index in [1.54, 1.807) is 24.2 Å². The molecule has 8 nitrogen and oxygen atoms in total. The summed E-state index contributed by atoms with van der Waals surface area (Å²) in [5, 5.41) is 3.66. The molecule has 34 heavy (non-hydrogen) atoms. The molecule has 0 saturated heterocycles. The van der Waals surface area contributed by atoms with Crippen molar-refractivity contribution in [3.05, 3.63) is 84.8 Å². The average molecular weight is 454 g/mol. The highest BCUT2D eigenvalue weighted by Gasteiger charge is 2.31. The number of aromatic nitrogens is 2. The average Bonchev–Trinajstić information content (AvgIpc) is 2.99. The topological polar surface area (TPSA) is 93.7 Å². The van der Waals surface area contributed by atoms with Crippen molar-refractivity contribution in [2.24, 2.45) is 5.92 Å². The number of para-hydroxylation sites is 1. The highest BCUT2D eigenvalue weighted by molar-refractivity contribution is 6.06. The Labute approximate surface area is 196 Å². The summed E-state index contributed by atoms with van der Waals surface area (Å²) in [7, 11) is 1.71. The first-order chi connectivity index (χ1) is 16.6. The van der Waals surface area contributed by atoms with Gasteiger partial charge in [-0.25, -0.2) is 0 Å². The van der Waals surface area contributed by atoms with Crippen molar-refractivity contribution in [2.45, 2.75) is 0 Å². The van der Waals surface area contributed by atoms with Gasteiger partial charge in [0.15, 0.2) is 0 Å². The second-order valence-electron chi connectivity index (χ2n) is 7.92. The van der Waals surface area contributed by atoms with Crippen LogP contribution in [0.5, 0.6) is 17.2 Å². The van der Waals surface area contributed by atoms with E-state index < -0.39 is 5.92 Å². The van der Waals surface area contributed by atoms with Gasteiger partial charge in [-0.3, -0.25) is 19.6 Å². The Morgan fingerprint density at radius 1 is 1.12 bits per heavy atom. The Hall–Kier alpha value is -4.46. The third-order valence-electron chi connectivity index (χ3n) is 5.64. The zero-order chi connectivity index (χ0) is 23.5. The third-order valence-corrected chi connectivity index (χ3v) is 5.64. The largest absolute Gasteiger partial charge is 0.490 e. The van der Waals surface area contributed by atoms with E-state index in [-0.39, 0.29) is 25.0 Å². The van der Waals surface area contributed by atoms with E-state index in [1.807, 2.05) is 54.6 Å². The summed E-state index contributed by atoms with van der Waals surface area (Å²) in [5.41, 5.74) is 1.80. The van der Waals surface area contributed by atoms with E-state index in [2.05, 4.69) is 15.3 Å². The van der Waals surface area contributed by atoms with Crippen LogP contribution in [0.2, 0.25) is 0 Å². The van der Waals surface area contributed by atoms with Gasteiger partial charge in [0.2, 0.25) is 5.91 Å². The minimum Gasteiger partial charge on any atom is -0.490 e. The van der Waals surface area contributed by atoms with Gasteiger partial charge in [-0.2, -0.15) is 0 Å². The number of carbonyl (C=O) groups is 2. The fourth-order valence-electron chi connectivity index (χ4n) is 3.91. The zero-order valence-corrected chi connectivity index (χ0v) is 18.5. The van der Waals surface area contributed by atoms with Gasteiger partial charge in [-0.05, 0) is 42.5 Å². The molecule has 0 fully saturated rings. The lowest BCUT2D eigenvalue weighted by atomic mass is 10.1. The number of nitrogens with one attached hydrogen (secondary N) is 1. The number of pyridine rings is 2. The summed E-state index contributed by atoms with van der Waals surface area (Å²) >= 11 is 0. The smallest absolute Gasteiger partial charge is 0.253 e. The number of rotatable bonds is 5. The Morgan fingerprint density at radius 3 is 2.82 bits per heavy atom. The maximum atomic E-state index is 13.2. The van der Waals surface area contributed by atoms with Crippen LogP contribution in [0, 0.1) is 5.92 Å². The minimum absolute atomic E-state index is 0.121. The predicted molar refractivity (Wildman–Crippen MR) is 127 cm³/mol. The number of hydrogen-bond acceptors (Lipinski definition) is 6. The summed E-state index contributed by atoms with van der Waals surface area (Å²) in [6.07, 6.45) is 4.71. The molecule has 0 unspecified atom stereocenters. The van der Waals surface area contributed by atoms with Gasteiger partial charge in [0.05, 0.1) is 28.9 Å². The highest BCUT2D eigenvalue weighted by Crippen LogP contribution is 2.37. The Morgan fingerprint density at radius 2 is 1.97 bits per heavy atom. The van der Waals surface area contributed by atoms with Gasteiger partial charge in [0.25, 0.3) is 5.91 Å². The molecule has 0 aliphatic carbocycles. The van der Waals surface area contributed by atoms with Crippen molar-refractivity contribution in [1.29, 1.82) is 0 Å². The number of nitrogens with zero attached hydrogens (tertiary/aromatic N) is 3. The van der Waals surface area contributed by atoms with Crippen LogP contribution in [0.4, 0.5) is 5.69 Å². The normalized spacial score (nSPS) is 15.3. The van der Waals surface area contributed by atoms with E-state index in [9.17, 15) is 9.59 Å². The molecule has 170 valence electrons. The van der Waals surface area contributed by atoms with Crippen LogP contribution < -0.4 is 19.7 Å². The van der Waals surface area contributed by atoms with Crippen LogP contribution in [0.15, 0.2) is 79.3 Å². The van der Waals surface area contributed by atoms with Crippen molar-refractivity contribution < 1.29 is 19.1 Å². The maximum Gasteiger partial charge on any atom is 0.253 e. The maximum absolute atomic E-state index is 13.2. The summed E-state index contributed by atoms with van der Waals surface area (Å²) in [4.78, 5) is 36.0. The molecule has 0 saturated carbocycles. The Kier molecular flexibility index (Phi) is 5.78. The lowest BCUT2D eigenvalue weighted by Crippen LogP contribution is -2.41. The van der Waals surface area contributed by atoms with Crippen LogP contribution in [-0.4, -0.2) is 42.0 Å². The molecule has 2 aromatic carbocycles. The van der Waals surface area contributed by atoms with E-state index >= 15 is 0 Å². The molecule has 1 aliphatic heterocycles. The quantitative estimate of drug-likeness (QED) is 0.493. The minimum atomic E-state index is -0.551. The van der Waals surface area contributed by atoms with E-state index in [4.69, 9.17) is 9.47 Å². The summed E-state index contributed by atoms with van der Waals surface area (Å²) < 4.78 is 11.7. The van der Waals surface area contributed by atoms with Gasteiger partial charge in [0.1, 0.15) is 23.9 Å². The van der Waals surface area contributed by atoms with Crippen molar-refractivity contribution in [1.82, 2.24) is 15.3 Å². The van der Waals surface area contributed by atoms with Crippen LogP contribution >= 0.6 is 0 Å². The van der Waals surface area contributed by atoms with Crippen LogP contribution in [0.25, 0.3) is 10.9 Å². The van der Waals surface area contributed by atoms with Gasteiger partial charge >= 0.3 is 0 Å². The van der Waals surface area contributed by atoms with E-state index in [1.165, 1.54) is 12.4 Å². The first kappa shape index (κ1) is 21.4. The van der Waals surface area contributed by atoms with Gasteiger partial charge in [-0.15, -0.1) is 0 Å². The zero-order valence-electron chi connectivity index (χ0n) is 18.5. The Balaban J connectivity index is 1.28. The van der Waals surface area contributed by atoms with Crippen LogP contribution in [-0.2, 0) is 4.79 Å². The van der Waals surface area contributed by atoms with Gasteiger partial charge < -0.3 is 19.7 Å². The fraction of sp³-hybridized carbons (Fsp3) is 0.154. The predicted octanol–water partition coefficient (Wildman–Crippen LogP) is 3.82. The molecule has 3 heterocycles. The number of benzene rings is 2. The highest BCUT2D eigenvalue weighted by atomic mass is 16.5. The molecule has 4 aromatic rings. The summed E-state index contributed by atoms with van der Waals surface area (Å²) in [5.74, 6) is 0.661. The molecule has 0 spiro atoms. The molecule has 1 atom stereocenters. The van der Waals surface area contributed by atoms with Gasteiger partial charge in [0, 0.05) is 31.4 Å². The fourth-order valence-corrected chi connectivity index (χ4v) is 3.91. The van der Waals surface area contributed by atoms with Crippen molar-refractivity contribution in [3.8, 4) is 17.2 Å². The second-order valence-corrected chi connectivity index (χ2v) is 7.92. The van der Waals surface area contributed by atoms with Gasteiger partial charge in [-0.1, -0.05) is 18.2 Å². The third kappa shape index (κ3) is 4.25. The number of hydrogen-bond donors (Lipinski definition) is 1. The molecular formula is C26H22N4O4. The molecule has 0 bridgehead atoms. The SMILES string of the molecule is CN1C(=O)[C@@H](CNC(=O)c2cncc(Oc3ccccc3)c2)COc2ccc3ncccc3c21. The number of anilines is 1. The monoisotopic (exact) mass is 454 g/mol. The standard InChI is InChI=1S/C26H22N4O4/c1-30-24-21-8-5-11-28-22(21)9-10-23(24)33-16-18(26(30)32)14-29-25(31)17-12-20(15-27-13-17)34-19-6-3-2-4-7-19/h2-13,15,18H,14,16H2,1H3,(H,29,31)/t18-/m0/s1. The molecule has 8 heteroatoms. The molecule has 2 aromatic heterocycles. The molecule has 2 amide bonds. The lowest BCUT2D eigenvalue weighted by Gasteiger charge is -2.21. The second kappa shape index (κ2) is 9.19. The molecule has 0 radical (unpaired) electrons. The summed E-state index contributed by atoms with van der Waals surface area (Å²) in [6, 6.07) is 18.3. The van der Waals surface area contributed by atoms with Crippen LogP contribution in [0.3, 0.4) is 0 Å². The molecular weight excluding hydrogens is 432 g/mol. The van der Waals surface area contributed by atoms with Crippen LogP contribution in [0.1, 0.15) is 10.4 Å². The first-order valence-electron chi connectivity index (χ1n) is 10.8. The van der Waals surface area contributed by atoms with Crippen molar-refractivity contribution in [3.63, 3.8) is 0 Å². The summed E-state index contributed by atoms with van der Waals surface area (Å²) in [6.45, 7) is 0.271. The lowest BCUT2D eigenvalue weighted by molar-refractivity contribution is -0.122. The first-order valence-corrected chi connectivity index (χ1v) is 10.8. The number of amides is 2. The number of fused-ring (bicyclic) bond motifs is 3. The van der Waals surface area contributed by atoms with Crippen molar-refractivity contribution >= 4 is 28.4 Å². The van der Waals surface area contributed by atoms with E-state index in [0.29, 0.717) is 28.5 Å². The number of ether oxygens (including phenoxy) is 2. The molecule has 1 N–H and O–H groups in total.